The fourth-order valence-electron chi connectivity index (χ4n) is 2.55. The third kappa shape index (κ3) is 3.58. The number of aryl methyl sites for hydroxylation is 1. The van der Waals surface area contributed by atoms with Crippen LogP contribution in [0.15, 0.2) is 0 Å². The molecule has 1 amide bonds. The van der Waals surface area contributed by atoms with E-state index in [0.29, 0.717) is 12.5 Å². The number of amides is 1. The molecule has 0 radical (unpaired) electrons. The van der Waals surface area contributed by atoms with E-state index < -0.39 is 0 Å². The van der Waals surface area contributed by atoms with Gasteiger partial charge in [0.1, 0.15) is 4.88 Å². The average Bonchev–Trinajstić information content (AvgIpc) is 2.77. The molecule has 0 bridgehead atoms. The highest BCUT2D eigenvalue weighted by atomic mass is 32.1. The number of methoxy groups -OCH3 is 1. The summed E-state index contributed by atoms with van der Waals surface area (Å²) in [4.78, 5) is 19.9. The number of hydrogen-bond acceptors (Lipinski definition) is 4. The quantitative estimate of drug-likeness (QED) is 0.858. The molecule has 0 unspecified atom stereocenters. The van der Waals surface area contributed by atoms with E-state index in [4.69, 9.17) is 4.74 Å². The fraction of sp³-hybridized carbons (Fsp3) is 0.733. The van der Waals surface area contributed by atoms with Gasteiger partial charge in [-0.3, -0.25) is 4.79 Å². The summed E-state index contributed by atoms with van der Waals surface area (Å²) in [5, 5.41) is 1.07. The lowest BCUT2D eigenvalue weighted by atomic mass is 10.1. The lowest BCUT2D eigenvalue weighted by Crippen LogP contribution is -2.42. The molecule has 112 valence electrons. The third-order valence-corrected chi connectivity index (χ3v) is 4.78. The van der Waals surface area contributed by atoms with Gasteiger partial charge in [-0.05, 0) is 25.7 Å². The maximum absolute atomic E-state index is 12.6. The summed E-state index contributed by atoms with van der Waals surface area (Å²) < 4.78 is 5.39. The molecule has 1 saturated heterocycles. The summed E-state index contributed by atoms with van der Waals surface area (Å²) in [6.07, 6.45) is 3.18. The molecule has 0 saturated carbocycles. The molecular weight excluding hydrogens is 272 g/mol. The molecular formula is C15H24N2O2S. The van der Waals surface area contributed by atoms with Gasteiger partial charge in [0.05, 0.1) is 16.8 Å². The summed E-state index contributed by atoms with van der Waals surface area (Å²) in [5.41, 5.74) is 0.871. The topological polar surface area (TPSA) is 42.4 Å². The van der Waals surface area contributed by atoms with Crippen LogP contribution in [-0.2, 0) is 11.2 Å². The summed E-state index contributed by atoms with van der Waals surface area (Å²) in [6, 6.07) is 0. The van der Waals surface area contributed by atoms with Crippen LogP contribution >= 0.6 is 11.3 Å². The Morgan fingerprint density at radius 2 is 2.30 bits per heavy atom. The van der Waals surface area contributed by atoms with E-state index in [1.165, 1.54) is 0 Å². The first-order chi connectivity index (χ1) is 9.51. The molecule has 1 aliphatic rings. The minimum absolute atomic E-state index is 0.122. The van der Waals surface area contributed by atoms with Crippen molar-refractivity contribution < 1.29 is 9.53 Å². The van der Waals surface area contributed by atoms with Crippen LogP contribution in [-0.4, -0.2) is 42.1 Å². The predicted molar refractivity (Wildman–Crippen MR) is 81.3 cm³/mol. The van der Waals surface area contributed by atoms with Crippen LogP contribution in [0.3, 0.4) is 0 Å². The Hall–Kier alpha value is -0.940. The zero-order valence-corrected chi connectivity index (χ0v) is 13.6. The van der Waals surface area contributed by atoms with E-state index in [1.54, 1.807) is 18.4 Å². The van der Waals surface area contributed by atoms with Crippen molar-refractivity contribution in [2.75, 3.05) is 20.2 Å². The van der Waals surface area contributed by atoms with Crippen LogP contribution in [0.2, 0.25) is 0 Å². The van der Waals surface area contributed by atoms with Gasteiger partial charge in [0, 0.05) is 26.6 Å². The van der Waals surface area contributed by atoms with Crippen molar-refractivity contribution in [2.45, 2.75) is 46.1 Å². The molecule has 20 heavy (non-hydrogen) atoms. The molecule has 0 spiro atoms. The Kier molecular flexibility index (Phi) is 5.16. The highest BCUT2D eigenvalue weighted by molar-refractivity contribution is 7.13. The summed E-state index contributed by atoms with van der Waals surface area (Å²) in [5.74, 6) is 0.688. The maximum Gasteiger partial charge on any atom is 0.265 e. The molecule has 1 aromatic heterocycles. The van der Waals surface area contributed by atoms with E-state index in [1.807, 2.05) is 11.8 Å². The lowest BCUT2D eigenvalue weighted by Gasteiger charge is -2.31. The Morgan fingerprint density at radius 1 is 1.55 bits per heavy atom. The summed E-state index contributed by atoms with van der Waals surface area (Å²) in [6.45, 7) is 7.81. The van der Waals surface area contributed by atoms with Crippen molar-refractivity contribution in [2.24, 2.45) is 5.92 Å². The average molecular weight is 296 g/mol. The van der Waals surface area contributed by atoms with E-state index in [-0.39, 0.29) is 12.0 Å². The second-order valence-electron chi connectivity index (χ2n) is 5.87. The standard InChI is InChI=1S/C15H24N2O2S/c1-10(2)8-13-16-11(3)14(20-13)15(18)17-7-5-6-12(9-17)19-4/h10,12H,5-9H2,1-4H3/t12-/m0/s1. The number of thiazole rings is 1. The third-order valence-electron chi connectivity index (χ3n) is 3.62. The Morgan fingerprint density at radius 3 is 2.95 bits per heavy atom. The first-order valence-electron chi connectivity index (χ1n) is 7.29. The van der Waals surface area contributed by atoms with Crippen molar-refractivity contribution in [3.05, 3.63) is 15.6 Å². The van der Waals surface area contributed by atoms with Gasteiger partial charge in [0.25, 0.3) is 5.91 Å². The molecule has 2 heterocycles. The number of nitrogens with zero attached hydrogens (tertiary/aromatic N) is 2. The number of hydrogen-bond donors (Lipinski definition) is 0. The number of piperidine rings is 1. The van der Waals surface area contributed by atoms with Crippen LogP contribution in [0.4, 0.5) is 0 Å². The fourth-order valence-corrected chi connectivity index (χ4v) is 3.79. The highest BCUT2D eigenvalue weighted by Gasteiger charge is 2.27. The zero-order valence-electron chi connectivity index (χ0n) is 12.8. The van der Waals surface area contributed by atoms with Gasteiger partial charge in [0.2, 0.25) is 0 Å². The molecule has 2 rings (SSSR count). The smallest absolute Gasteiger partial charge is 0.265 e. The normalized spacial score (nSPS) is 19.6. The van der Waals surface area contributed by atoms with Crippen LogP contribution in [0.5, 0.6) is 0 Å². The van der Waals surface area contributed by atoms with Gasteiger partial charge in [-0.25, -0.2) is 4.98 Å². The number of ether oxygens (including phenoxy) is 1. The van der Waals surface area contributed by atoms with Crippen molar-refractivity contribution in [1.29, 1.82) is 0 Å². The van der Waals surface area contributed by atoms with E-state index in [9.17, 15) is 4.79 Å². The first-order valence-corrected chi connectivity index (χ1v) is 8.11. The molecule has 4 nitrogen and oxygen atoms in total. The van der Waals surface area contributed by atoms with Crippen molar-refractivity contribution >= 4 is 17.2 Å². The molecule has 0 N–H and O–H groups in total. The molecule has 0 aromatic carbocycles. The van der Waals surface area contributed by atoms with Gasteiger partial charge >= 0.3 is 0 Å². The molecule has 1 aliphatic heterocycles. The van der Waals surface area contributed by atoms with E-state index in [0.717, 1.165) is 41.4 Å². The summed E-state index contributed by atoms with van der Waals surface area (Å²) in [7, 11) is 1.72. The minimum Gasteiger partial charge on any atom is -0.380 e. The lowest BCUT2D eigenvalue weighted by molar-refractivity contribution is 0.0271. The van der Waals surface area contributed by atoms with E-state index in [2.05, 4.69) is 18.8 Å². The SMILES string of the molecule is CO[C@H]1CCCN(C(=O)c2sc(CC(C)C)nc2C)C1. The van der Waals surface area contributed by atoms with E-state index >= 15 is 0 Å². The molecule has 1 atom stereocenters. The monoisotopic (exact) mass is 296 g/mol. The number of likely N-dealkylation sites (tertiary alicyclic amines) is 1. The number of carbonyl (C=O) groups is 1. The second kappa shape index (κ2) is 6.68. The zero-order chi connectivity index (χ0) is 14.7. The number of rotatable bonds is 4. The largest absolute Gasteiger partial charge is 0.380 e. The van der Waals surface area contributed by atoms with Gasteiger partial charge < -0.3 is 9.64 Å². The van der Waals surface area contributed by atoms with Crippen LogP contribution < -0.4 is 0 Å². The van der Waals surface area contributed by atoms with Crippen molar-refractivity contribution in [3.63, 3.8) is 0 Å². The van der Waals surface area contributed by atoms with Gasteiger partial charge in [-0.15, -0.1) is 11.3 Å². The molecule has 1 fully saturated rings. The first kappa shape index (κ1) is 15.4. The maximum atomic E-state index is 12.6. The van der Waals surface area contributed by atoms with Crippen molar-refractivity contribution in [1.82, 2.24) is 9.88 Å². The molecule has 5 heteroatoms. The van der Waals surface area contributed by atoms with Gasteiger partial charge in [-0.2, -0.15) is 0 Å². The highest BCUT2D eigenvalue weighted by Crippen LogP contribution is 2.24. The number of carbonyl (C=O) groups excluding carboxylic acids is 1. The Balaban J connectivity index is 2.10. The van der Waals surface area contributed by atoms with Crippen LogP contribution in [0.1, 0.15) is 47.1 Å². The van der Waals surface area contributed by atoms with Crippen LogP contribution in [0, 0.1) is 12.8 Å². The van der Waals surface area contributed by atoms with Crippen LogP contribution in [0.25, 0.3) is 0 Å². The Labute approximate surface area is 125 Å². The minimum atomic E-state index is 0.122. The van der Waals surface area contributed by atoms with Crippen molar-refractivity contribution in [3.8, 4) is 0 Å². The Bertz CT molecular complexity index is 470. The molecule has 1 aromatic rings. The predicted octanol–water partition coefficient (Wildman–Crippen LogP) is 2.90. The van der Waals surface area contributed by atoms with Gasteiger partial charge in [-0.1, -0.05) is 13.8 Å². The van der Waals surface area contributed by atoms with Gasteiger partial charge in [0.15, 0.2) is 0 Å². The molecule has 0 aliphatic carbocycles. The second-order valence-corrected chi connectivity index (χ2v) is 6.95. The summed E-state index contributed by atoms with van der Waals surface area (Å²) >= 11 is 1.56. The number of aromatic nitrogens is 1.